The minimum absolute atomic E-state index is 0.0315. The molecule has 2 heterocycles. The van der Waals surface area contributed by atoms with Crippen molar-refractivity contribution in [2.24, 2.45) is 5.10 Å². The first-order valence-electron chi connectivity index (χ1n) is 10.9. The number of nitrogens with one attached hydrogen (secondary N) is 2. The first-order chi connectivity index (χ1) is 18.2. The van der Waals surface area contributed by atoms with E-state index in [0.717, 1.165) is 40.2 Å². The van der Waals surface area contributed by atoms with Gasteiger partial charge in [0, 0.05) is 17.3 Å². The van der Waals surface area contributed by atoms with Crippen LogP contribution in [0.5, 0.6) is 0 Å². The van der Waals surface area contributed by atoms with Crippen molar-refractivity contribution in [3.63, 3.8) is 0 Å². The van der Waals surface area contributed by atoms with E-state index in [1.54, 1.807) is 31.2 Å². The number of hydrogen-bond acceptors (Lipinski definition) is 9. The highest BCUT2D eigenvalue weighted by Crippen LogP contribution is 2.46. The molecule has 0 unspecified atom stereocenters. The summed E-state index contributed by atoms with van der Waals surface area (Å²) >= 11 is 1.93. The van der Waals surface area contributed by atoms with Crippen LogP contribution in [0.25, 0.3) is 11.1 Å². The zero-order chi connectivity index (χ0) is 27.4. The largest absolute Gasteiger partial charge is 0.462 e. The molecule has 1 fully saturated rings. The lowest BCUT2D eigenvalue weighted by molar-refractivity contribution is -0.137. The van der Waals surface area contributed by atoms with Crippen LogP contribution in [-0.2, 0) is 15.7 Å². The van der Waals surface area contributed by atoms with Gasteiger partial charge in [0.15, 0.2) is 5.71 Å². The molecule has 0 radical (unpaired) electrons. The molecule has 1 amide bonds. The van der Waals surface area contributed by atoms with Crippen LogP contribution in [0.15, 0.2) is 76.2 Å². The Bertz CT molecular complexity index is 1480. The highest BCUT2D eigenvalue weighted by atomic mass is 32.2. The molecule has 1 aliphatic rings. The minimum atomic E-state index is -4.59. The number of rotatable bonds is 7. The Kier molecular flexibility index (Phi) is 7.75. The lowest BCUT2D eigenvalue weighted by Gasteiger charge is -2.17. The summed E-state index contributed by atoms with van der Waals surface area (Å²) in [6.07, 6.45) is -4.59. The van der Waals surface area contributed by atoms with Crippen LogP contribution in [0.3, 0.4) is 0 Å². The topological polar surface area (TPSA) is 107 Å². The van der Waals surface area contributed by atoms with Gasteiger partial charge < -0.3 is 4.74 Å². The quantitative estimate of drug-likeness (QED) is 0.158. The van der Waals surface area contributed by atoms with E-state index in [9.17, 15) is 28.0 Å². The number of thiophene rings is 1. The van der Waals surface area contributed by atoms with Gasteiger partial charge in [0.05, 0.1) is 27.8 Å². The van der Waals surface area contributed by atoms with Crippen LogP contribution in [0, 0.1) is 10.7 Å². The van der Waals surface area contributed by atoms with Gasteiger partial charge >= 0.3 is 12.1 Å². The molecule has 2 N–H and O–H groups in total. The molecule has 4 rings (SSSR count). The first-order valence-corrected chi connectivity index (χ1v) is 12.6. The van der Waals surface area contributed by atoms with Gasteiger partial charge in [-0.25, -0.2) is 9.80 Å². The number of carbonyl (C=O) groups is 2. The number of amides is 1. The molecule has 0 bridgehead atoms. The van der Waals surface area contributed by atoms with Crippen LogP contribution >= 0.6 is 23.1 Å². The predicted molar refractivity (Wildman–Crippen MR) is 139 cm³/mol. The first kappa shape index (κ1) is 26.8. The number of nitrogens with zero attached hydrogens (tertiary/aromatic N) is 3. The smallest absolute Gasteiger partial charge is 0.416 e. The predicted octanol–water partition coefficient (Wildman–Crippen LogP) is 6.02. The number of ether oxygens (including phenoxy) is 1. The summed E-state index contributed by atoms with van der Waals surface area (Å²) in [5.41, 5.74) is 5.45. The molecular weight excluding hydrogens is 539 g/mol. The van der Waals surface area contributed by atoms with E-state index < -0.39 is 23.6 Å². The van der Waals surface area contributed by atoms with Gasteiger partial charge in [0.2, 0.25) is 0 Å². The molecular formula is C25H18F3N5O3S2. The molecule has 3 aromatic rings. The maximum Gasteiger partial charge on any atom is 0.416 e. The molecule has 0 saturated carbocycles. The number of hydrogen-bond donors (Lipinski definition) is 2. The van der Waals surface area contributed by atoms with E-state index in [2.05, 4.69) is 22.5 Å². The van der Waals surface area contributed by atoms with E-state index in [1.165, 1.54) is 12.1 Å². The summed E-state index contributed by atoms with van der Waals surface area (Å²) in [5.74, 6) is -1.42. The van der Waals surface area contributed by atoms with Crippen LogP contribution in [0.2, 0.25) is 0 Å². The number of hydrazone groups is 1. The van der Waals surface area contributed by atoms with Crippen molar-refractivity contribution >= 4 is 51.4 Å². The number of thioether (sulfide) groups is 1. The SMILES string of the molecule is C=C1NN(c2cccc(C(F)(F)F)c2)C(=O)/C1=N\Nc1sc(SC#N)c(-c2ccccc2)c1C(=O)OCC. The molecule has 194 valence electrons. The maximum atomic E-state index is 13.2. The normalized spacial score (nSPS) is 14.4. The molecule has 0 aliphatic carbocycles. The van der Waals surface area contributed by atoms with Crippen molar-refractivity contribution in [3.8, 4) is 16.5 Å². The Balaban J connectivity index is 1.71. The highest BCUT2D eigenvalue weighted by molar-refractivity contribution is 8.05. The standard InChI is InChI=1S/C25H18F3N5O3S2/c1-3-36-23(35)19-18(15-8-5-4-6-9-15)24(37-13-29)38-21(19)31-30-20-14(2)32-33(22(20)34)17-11-7-10-16(12-17)25(26,27)28/h4-12,31-32H,2-3H2,1H3/b30-20-. The molecule has 1 saturated heterocycles. The van der Waals surface area contributed by atoms with Gasteiger partial charge in [-0.2, -0.15) is 23.5 Å². The molecule has 8 nitrogen and oxygen atoms in total. The van der Waals surface area contributed by atoms with Crippen molar-refractivity contribution in [3.05, 3.63) is 78.0 Å². The van der Waals surface area contributed by atoms with E-state index in [-0.39, 0.29) is 34.3 Å². The van der Waals surface area contributed by atoms with Crippen molar-refractivity contribution < 1.29 is 27.5 Å². The Labute approximate surface area is 223 Å². The van der Waals surface area contributed by atoms with Crippen LogP contribution < -0.4 is 15.9 Å². The van der Waals surface area contributed by atoms with E-state index in [0.29, 0.717) is 15.3 Å². The van der Waals surface area contributed by atoms with Crippen LogP contribution in [-0.4, -0.2) is 24.2 Å². The fourth-order valence-corrected chi connectivity index (χ4v) is 5.39. The molecule has 0 atom stereocenters. The fourth-order valence-electron chi connectivity index (χ4n) is 3.57. The second-order valence-corrected chi connectivity index (χ2v) is 9.67. The number of halogens is 3. The maximum absolute atomic E-state index is 13.2. The lowest BCUT2D eigenvalue weighted by Crippen LogP contribution is -2.34. The number of anilines is 2. The summed E-state index contributed by atoms with van der Waals surface area (Å²) in [7, 11) is 0. The van der Waals surface area contributed by atoms with Gasteiger partial charge in [-0.05, 0) is 30.7 Å². The number of benzene rings is 2. The average Bonchev–Trinajstić information content (AvgIpc) is 3.39. The Hall–Kier alpha value is -4.28. The van der Waals surface area contributed by atoms with Gasteiger partial charge in [-0.15, -0.1) is 11.3 Å². The Morgan fingerprint density at radius 2 is 2.00 bits per heavy atom. The lowest BCUT2D eigenvalue weighted by atomic mass is 10.0. The van der Waals surface area contributed by atoms with Gasteiger partial charge in [0.25, 0.3) is 5.91 Å². The minimum Gasteiger partial charge on any atom is -0.462 e. The van der Waals surface area contributed by atoms with Crippen molar-refractivity contribution in [1.29, 1.82) is 5.26 Å². The second-order valence-electron chi connectivity index (χ2n) is 7.60. The summed E-state index contributed by atoms with van der Waals surface area (Å²) in [6.45, 7) is 5.48. The highest BCUT2D eigenvalue weighted by Gasteiger charge is 2.36. The number of hydrazine groups is 1. The number of alkyl halides is 3. The second kappa shape index (κ2) is 11.0. The van der Waals surface area contributed by atoms with Gasteiger partial charge in [-0.1, -0.05) is 43.0 Å². The number of carbonyl (C=O) groups excluding carboxylic acids is 2. The molecule has 2 aromatic carbocycles. The van der Waals surface area contributed by atoms with Gasteiger partial charge in [0.1, 0.15) is 16.0 Å². The molecule has 0 spiro atoms. The zero-order valence-electron chi connectivity index (χ0n) is 19.6. The molecule has 38 heavy (non-hydrogen) atoms. The number of nitriles is 1. The Morgan fingerprint density at radius 3 is 2.66 bits per heavy atom. The molecule has 13 heteroatoms. The number of esters is 1. The monoisotopic (exact) mass is 557 g/mol. The summed E-state index contributed by atoms with van der Waals surface area (Å²) in [5, 5.41) is 16.6. The zero-order valence-corrected chi connectivity index (χ0v) is 21.3. The molecule has 1 aliphatic heterocycles. The average molecular weight is 558 g/mol. The van der Waals surface area contributed by atoms with E-state index >= 15 is 0 Å². The van der Waals surface area contributed by atoms with Crippen molar-refractivity contribution in [1.82, 2.24) is 5.43 Å². The van der Waals surface area contributed by atoms with Gasteiger partial charge in [-0.3, -0.25) is 15.6 Å². The summed E-state index contributed by atoms with van der Waals surface area (Å²) in [4.78, 5) is 26.0. The fraction of sp³-hybridized carbons (Fsp3) is 0.120. The third-order valence-corrected chi connectivity index (χ3v) is 7.07. The van der Waals surface area contributed by atoms with E-state index in [4.69, 9.17) is 4.74 Å². The van der Waals surface area contributed by atoms with E-state index in [1.807, 2.05) is 11.5 Å². The number of thiocyanates is 1. The third-order valence-electron chi connectivity index (χ3n) is 5.20. The van der Waals surface area contributed by atoms with Crippen LogP contribution in [0.4, 0.5) is 23.9 Å². The Morgan fingerprint density at radius 1 is 1.26 bits per heavy atom. The third kappa shape index (κ3) is 5.36. The van der Waals surface area contributed by atoms with Crippen molar-refractivity contribution in [2.75, 3.05) is 17.0 Å². The van der Waals surface area contributed by atoms with Crippen LogP contribution in [0.1, 0.15) is 22.8 Å². The molecule has 1 aromatic heterocycles. The summed E-state index contributed by atoms with van der Waals surface area (Å²) in [6, 6.07) is 13.2. The summed E-state index contributed by atoms with van der Waals surface area (Å²) < 4.78 is 45.2. The van der Waals surface area contributed by atoms with Crippen molar-refractivity contribution in [2.45, 2.75) is 17.3 Å².